The van der Waals surface area contributed by atoms with Gasteiger partial charge in [-0.3, -0.25) is 0 Å². The maximum atomic E-state index is 9.89. The van der Waals surface area contributed by atoms with Crippen molar-refractivity contribution in [2.45, 2.75) is 38.9 Å². The highest BCUT2D eigenvalue weighted by Crippen LogP contribution is 2.30. The Morgan fingerprint density at radius 1 is 1.36 bits per heavy atom. The van der Waals surface area contributed by atoms with E-state index in [9.17, 15) is 5.11 Å². The summed E-state index contributed by atoms with van der Waals surface area (Å²) in [6, 6.07) is 0. The molecular formula is C9H18O2. The minimum absolute atomic E-state index is 0.584. The molecule has 0 bridgehead atoms. The van der Waals surface area contributed by atoms with E-state index in [1.807, 2.05) is 13.8 Å². The number of hydrogen-bond donors (Lipinski definition) is 1. The second-order valence-corrected chi connectivity index (χ2v) is 3.57. The summed E-state index contributed by atoms with van der Waals surface area (Å²) in [6.45, 7) is 10.9. The molecule has 0 spiro atoms. The molecule has 11 heavy (non-hydrogen) atoms. The summed E-state index contributed by atoms with van der Waals surface area (Å²) in [5.74, 6) is 0. The van der Waals surface area contributed by atoms with E-state index in [1.54, 1.807) is 21.0 Å². The summed E-state index contributed by atoms with van der Waals surface area (Å²) in [5.41, 5.74) is -0.843. The highest BCUT2D eigenvalue weighted by atomic mass is 16.5. The molecule has 2 heteroatoms. The first-order valence-corrected chi connectivity index (χ1v) is 3.69. The first-order valence-electron chi connectivity index (χ1n) is 3.69. The van der Waals surface area contributed by atoms with E-state index in [1.165, 1.54) is 0 Å². The van der Waals surface area contributed by atoms with Crippen LogP contribution in [0, 0.1) is 0 Å². The molecule has 0 amide bonds. The van der Waals surface area contributed by atoms with Gasteiger partial charge in [0.1, 0.15) is 5.60 Å². The summed E-state index contributed by atoms with van der Waals surface area (Å²) >= 11 is 0. The van der Waals surface area contributed by atoms with Gasteiger partial charge in [0.2, 0.25) is 0 Å². The van der Waals surface area contributed by atoms with Crippen LogP contribution in [0.25, 0.3) is 0 Å². The third-order valence-corrected chi connectivity index (χ3v) is 2.51. The van der Waals surface area contributed by atoms with Crippen LogP contribution in [-0.4, -0.2) is 23.4 Å². The average Bonchev–Trinajstić information content (AvgIpc) is 1.87. The first kappa shape index (κ1) is 10.7. The lowest BCUT2D eigenvalue weighted by atomic mass is 9.82. The Morgan fingerprint density at radius 2 is 1.73 bits per heavy atom. The summed E-state index contributed by atoms with van der Waals surface area (Å²) in [6.07, 6.45) is 0. The maximum absolute atomic E-state index is 9.89. The third kappa shape index (κ3) is 1.82. The molecular weight excluding hydrogens is 140 g/mol. The highest BCUT2D eigenvalue weighted by molar-refractivity contribution is 5.14. The third-order valence-electron chi connectivity index (χ3n) is 2.51. The second kappa shape index (κ2) is 2.95. The molecule has 1 unspecified atom stereocenters. The Morgan fingerprint density at radius 3 is 1.82 bits per heavy atom. The molecule has 1 atom stereocenters. The fourth-order valence-corrected chi connectivity index (χ4v) is 0.713. The average molecular weight is 158 g/mol. The Bertz CT molecular complexity index is 157. The van der Waals surface area contributed by atoms with Crippen molar-refractivity contribution < 1.29 is 9.84 Å². The zero-order valence-electron chi connectivity index (χ0n) is 8.06. The normalized spacial score (nSPS) is 17.6. The van der Waals surface area contributed by atoms with E-state index in [-0.39, 0.29) is 0 Å². The van der Waals surface area contributed by atoms with Crippen LogP contribution in [0.1, 0.15) is 27.7 Å². The molecule has 0 saturated carbocycles. The monoisotopic (exact) mass is 158 g/mol. The van der Waals surface area contributed by atoms with Crippen LogP contribution in [-0.2, 0) is 4.74 Å². The Kier molecular flexibility index (Phi) is 2.86. The van der Waals surface area contributed by atoms with Crippen LogP contribution in [0.3, 0.4) is 0 Å². The fourth-order valence-electron chi connectivity index (χ4n) is 0.713. The van der Waals surface area contributed by atoms with Crippen LogP contribution >= 0.6 is 0 Å². The van der Waals surface area contributed by atoms with E-state index >= 15 is 0 Å². The van der Waals surface area contributed by atoms with Gasteiger partial charge in [0.25, 0.3) is 0 Å². The summed E-state index contributed by atoms with van der Waals surface area (Å²) < 4.78 is 5.15. The smallest absolute Gasteiger partial charge is 0.111 e. The van der Waals surface area contributed by atoms with Crippen LogP contribution in [0.15, 0.2) is 12.2 Å². The molecule has 2 nitrogen and oxygen atoms in total. The molecule has 0 radical (unpaired) electrons. The fraction of sp³-hybridized carbons (Fsp3) is 0.778. The number of aliphatic hydroxyl groups is 1. The SMILES string of the molecule is C=C(C)C(C)(O)C(C)(C)OC. The Hall–Kier alpha value is -0.340. The predicted octanol–water partition coefficient (Wildman–Crippen LogP) is 1.74. The van der Waals surface area contributed by atoms with Crippen molar-refractivity contribution in [2.24, 2.45) is 0 Å². The van der Waals surface area contributed by atoms with Crippen LogP contribution in [0.5, 0.6) is 0 Å². The van der Waals surface area contributed by atoms with E-state index in [2.05, 4.69) is 6.58 Å². The topological polar surface area (TPSA) is 29.5 Å². The summed E-state index contributed by atoms with van der Waals surface area (Å²) in [7, 11) is 1.58. The van der Waals surface area contributed by atoms with E-state index < -0.39 is 11.2 Å². The number of methoxy groups -OCH3 is 1. The van der Waals surface area contributed by atoms with Gasteiger partial charge in [-0.15, -0.1) is 0 Å². The number of hydrogen-bond acceptors (Lipinski definition) is 2. The van der Waals surface area contributed by atoms with Crippen molar-refractivity contribution in [1.82, 2.24) is 0 Å². The Labute approximate surface area is 68.9 Å². The van der Waals surface area contributed by atoms with Gasteiger partial charge in [0, 0.05) is 7.11 Å². The van der Waals surface area contributed by atoms with Gasteiger partial charge in [-0.1, -0.05) is 6.58 Å². The van der Waals surface area contributed by atoms with Gasteiger partial charge in [-0.05, 0) is 33.3 Å². The van der Waals surface area contributed by atoms with E-state index in [0.29, 0.717) is 5.57 Å². The van der Waals surface area contributed by atoms with Crippen LogP contribution in [0.4, 0.5) is 0 Å². The standard InChI is InChI=1S/C9H18O2/c1-7(2)9(5,10)8(3,4)11-6/h10H,1H2,2-6H3. The minimum Gasteiger partial charge on any atom is -0.383 e. The maximum Gasteiger partial charge on any atom is 0.111 e. The molecule has 66 valence electrons. The van der Waals surface area contributed by atoms with Crippen molar-refractivity contribution in [3.8, 4) is 0 Å². The first-order chi connectivity index (χ1) is 4.75. The van der Waals surface area contributed by atoms with Gasteiger partial charge in [-0.25, -0.2) is 0 Å². The van der Waals surface area contributed by atoms with Crippen molar-refractivity contribution in [3.63, 3.8) is 0 Å². The lowest BCUT2D eigenvalue weighted by molar-refractivity contribution is -0.118. The summed E-state index contributed by atoms with van der Waals surface area (Å²) in [5, 5.41) is 9.89. The van der Waals surface area contributed by atoms with Gasteiger partial charge in [0.15, 0.2) is 0 Å². The largest absolute Gasteiger partial charge is 0.383 e. The molecule has 0 aliphatic carbocycles. The predicted molar refractivity (Wildman–Crippen MR) is 46.5 cm³/mol. The quantitative estimate of drug-likeness (QED) is 0.634. The molecule has 0 heterocycles. The van der Waals surface area contributed by atoms with Crippen molar-refractivity contribution >= 4 is 0 Å². The zero-order valence-corrected chi connectivity index (χ0v) is 8.06. The molecule has 0 aliphatic heterocycles. The minimum atomic E-state index is -0.970. The lowest BCUT2D eigenvalue weighted by Crippen LogP contribution is -2.49. The van der Waals surface area contributed by atoms with Crippen LogP contribution < -0.4 is 0 Å². The molecule has 0 aromatic heterocycles. The van der Waals surface area contributed by atoms with Crippen molar-refractivity contribution in [2.75, 3.05) is 7.11 Å². The highest BCUT2D eigenvalue weighted by Gasteiger charge is 2.40. The van der Waals surface area contributed by atoms with Gasteiger partial charge in [-0.2, -0.15) is 0 Å². The lowest BCUT2D eigenvalue weighted by Gasteiger charge is -2.39. The van der Waals surface area contributed by atoms with Crippen LogP contribution in [0.2, 0.25) is 0 Å². The molecule has 0 aromatic carbocycles. The van der Waals surface area contributed by atoms with Gasteiger partial charge in [0.05, 0.1) is 5.60 Å². The molecule has 0 aliphatic rings. The molecule has 0 aromatic rings. The van der Waals surface area contributed by atoms with Crippen molar-refractivity contribution in [3.05, 3.63) is 12.2 Å². The zero-order chi connectivity index (χ0) is 9.28. The number of ether oxygens (including phenoxy) is 1. The van der Waals surface area contributed by atoms with Crippen molar-refractivity contribution in [1.29, 1.82) is 0 Å². The van der Waals surface area contributed by atoms with Gasteiger partial charge < -0.3 is 9.84 Å². The molecule has 1 N–H and O–H groups in total. The Balaban J connectivity index is 4.67. The molecule has 0 fully saturated rings. The summed E-state index contributed by atoms with van der Waals surface area (Å²) in [4.78, 5) is 0. The number of rotatable bonds is 3. The van der Waals surface area contributed by atoms with Gasteiger partial charge >= 0.3 is 0 Å². The van der Waals surface area contributed by atoms with E-state index in [0.717, 1.165) is 0 Å². The molecule has 0 rings (SSSR count). The second-order valence-electron chi connectivity index (χ2n) is 3.57. The van der Waals surface area contributed by atoms with E-state index in [4.69, 9.17) is 4.74 Å². The molecule has 0 saturated heterocycles.